The number of rotatable bonds is 1. The number of hydrogen-bond donors (Lipinski definition) is 2. The first-order valence-electron chi connectivity index (χ1n) is 11.9. The molecule has 2 unspecified atom stereocenters. The van der Waals surface area contributed by atoms with Crippen LogP contribution in [-0.4, -0.2) is 45.8 Å². The van der Waals surface area contributed by atoms with E-state index in [1.807, 2.05) is 6.07 Å². The Labute approximate surface area is 212 Å². The molecule has 4 aliphatic heterocycles. The number of halogens is 2. The summed E-state index contributed by atoms with van der Waals surface area (Å²) in [5.74, 6) is -1.18. The van der Waals surface area contributed by atoms with Gasteiger partial charge in [0.2, 0.25) is 5.91 Å². The highest BCUT2D eigenvalue weighted by atomic mass is 32.1. The van der Waals surface area contributed by atoms with Gasteiger partial charge in [-0.1, -0.05) is 29.5 Å². The van der Waals surface area contributed by atoms with Crippen molar-refractivity contribution < 1.29 is 37.6 Å². The number of fused-ring (bicyclic) bond motifs is 5. The summed E-state index contributed by atoms with van der Waals surface area (Å²) in [6.45, 7) is 0.317. The molecule has 8 rings (SSSR count). The average Bonchev–Trinajstić information content (AvgIpc) is 3.10. The maximum absolute atomic E-state index is 14.1. The highest BCUT2D eigenvalue weighted by Gasteiger charge is 2.61. The van der Waals surface area contributed by atoms with E-state index in [9.17, 15) is 18.7 Å². The molecule has 12 heteroatoms. The van der Waals surface area contributed by atoms with Crippen molar-refractivity contribution in [3.05, 3.63) is 58.6 Å². The molecule has 2 aromatic carbocycles. The Kier molecular flexibility index (Phi) is 4.02. The minimum absolute atomic E-state index is 0.103. The molecule has 5 heterocycles. The molecule has 2 spiro atoms. The molecule has 1 aromatic heterocycles. The molecule has 1 aliphatic carbocycles. The molecule has 37 heavy (non-hydrogen) atoms. The normalized spacial score (nSPS) is 29.5. The molecular formula is C25H19F2N3O6S. The van der Waals surface area contributed by atoms with Crippen LogP contribution in [0.25, 0.3) is 0 Å². The van der Waals surface area contributed by atoms with Crippen LogP contribution in [0.5, 0.6) is 23.0 Å². The van der Waals surface area contributed by atoms with Crippen molar-refractivity contribution in [3.63, 3.8) is 0 Å². The first-order chi connectivity index (χ1) is 17.8. The van der Waals surface area contributed by atoms with E-state index in [-0.39, 0.29) is 17.4 Å². The molecule has 3 atom stereocenters. The molecule has 1 saturated heterocycles. The van der Waals surface area contributed by atoms with Crippen LogP contribution in [0.3, 0.4) is 0 Å². The molecule has 0 radical (unpaired) electrons. The van der Waals surface area contributed by atoms with Gasteiger partial charge in [-0.05, 0) is 43.0 Å². The molecule has 1 amide bonds. The number of amides is 1. The minimum atomic E-state index is -3.82. The van der Waals surface area contributed by atoms with Gasteiger partial charge in [0, 0.05) is 23.2 Å². The summed E-state index contributed by atoms with van der Waals surface area (Å²) < 4.78 is 50.6. The van der Waals surface area contributed by atoms with E-state index in [4.69, 9.17) is 18.9 Å². The molecule has 5 bridgehead atoms. The number of benzene rings is 2. The largest absolute Gasteiger partial charge is 0.586 e. The predicted octanol–water partition coefficient (Wildman–Crippen LogP) is 3.73. The van der Waals surface area contributed by atoms with E-state index in [0.717, 1.165) is 5.56 Å². The molecule has 5 aliphatic rings. The van der Waals surface area contributed by atoms with Crippen LogP contribution in [0.2, 0.25) is 0 Å². The number of carbonyl (C=O) groups is 1. The minimum Gasteiger partial charge on any atom is -0.433 e. The number of alkyl halides is 2. The number of anilines is 1. The fraction of sp³-hybridized carbons (Fsp3) is 0.360. The van der Waals surface area contributed by atoms with Gasteiger partial charge in [-0.25, -0.2) is 9.88 Å². The van der Waals surface area contributed by atoms with Gasteiger partial charge in [-0.2, -0.15) is 0 Å². The summed E-state index contributed by atoms with van der Waals surface area (Å²) in [6.07, 6.45) is -1.61. The summed E-state index contributed by atoms with van der Waals surface area (Å²) in [6, 6.07) is 9.25. The topological polar surface area (TPSA) is 102 Å². The lowest BCUT2D eigenvalue weighted by atomic mass is 9.94. The third kappa shape index (κ3) is 2.88. The van der Waals surface area contributed by atoms with Crippen molar-refractivity contribution in [2.24, 2.45) is 0 Å². The van der Waals surface area contributed by atoms with Crippen molar-refractivity contribution in [2.75, 3.05) is 11.9 Å². The van der Waals surface area contributed by atoms with E-state index in [1.165, 1.54) is 17.4 Å². The summed E-state index contributed by atoms with van der Waals surface area (Å²) in [5.41, 5.74) is 0.463. The lowest BCUT2D eigenvalue weighted by Gasteiger charge is -2.39. The number of carbonyl (C=O) groups excluding carboxylic acids is 1. The summed E-state index contributed by atoms with van der Waals surface area (Å²) in [5, 5.41) is 14.5. The predicted molar refractivity (Wildman–Crippen MR) is 124 cm³/mol. The van der Waals surface area contributed by atoms with E-state index < -0.39 is 29.8 Å². The molecule has 2 N–H and O–H groups in total. The first kappa shape index (κ1) is 21.6. The second-order valence-corrected chi connectivity index (χ2v) is 10.9. The summed E-state index contributed by atoms with van der Waals surface area (Å²) >= 11 is 1.22. The van der Waals surface area contributed by atoms with Crippen LogP contribution in [-0.2, 0) is 10.2 Å². The standard InChI is InChI=1S/C25H19F2N3O6S/c26-25(27)35-15-3-1-2-13(20(15)36-25)19-17-11-28-22(37-17)29-21(32)23(7-8-23)12-4-5-14-16(10-12)34-24(33-14)18(31)6-9-30(19)24/h1-5,10-11,18-19,31H,6-9H2,(H,28,29,32)/t18-,19?,24?/m1/s1. The van der Waals surface area contributed by atoms with E-state index >= 15 is 0 Å². The Balaban J connectivity index is 1.34. The average molecular weight is 528 g/mol. The second kappa shape index (κ2) is 6.88. The van der Waals surface area contributed by atoms with Gasteiger partial charge in [0.15, 0.2) is 28.1 Å². The van der Waals surface area contributed by atoms with Gasteiger partial charge >= 0.3 is 12.2 Å². The number of nitrogens with zero attached hydrogens (tertiary/aromatic N) is 2. The number of aliphatic hydroxyl groups excluding tert-OH is 1. The van der Waals surface area contributed by atoms with Crippen LogP contribution in [0.15, 0.2) is 42.6 Å². The zero-order chi connectivity index (χ0) is 25.2. The van der Waals surface area contributed by atoms with Gasteiger partial charge < -0.3 is 29.4 Å². The molecule has 190 valence electrons. The van der Waals surface area contributed by atoms with Crippen molar-refractivity contribution in [1.29, 1.82) is 0 Å². The number of nitrogens with one attached hydrogen (secondary N) is 1. The lowest BCUT2D eigenvalue weighted by molar-refractivity contribution is -0.287. The van der Waals surface area contributed by atoms with Gasteiger partial charge in [0.05, 0.1) is 11.5 Å². The van der Waals surface area contributed by atoms with Crippen LogP contribution in [0, 0.1) is 0 Å². The third-order valence-electron chi connectivity index (χ3n) is 7.74. The van der Waals surface area contributed by atoms with Crippen LogP contribution >= 0.6 is 11.3 Å². The molecular weight excluding hydrogens is 508 g/mol. The molecule has 2 fully saturated rings. The zero-order valence-corrected chi connectivity index (χ0v) is 19.9. The Morgan fingerprint density at radius 2 is 1.92 bits per heavy atom. The fourth-order valence-electron chi connectivity index (χ4n) is 5.80. The van der Waals surface area contributed by atoms with Gasteiger partial charge in [0.1, 0.15) is 6.10 Å². The number of hydrogen-bond acceptors (Lipinski definition) is 9. The first-order valence-corrected chi connectivity index (χ1v) is 12.7. The van der Waals surface area contributed by atoms with Gasteiger partial charge in [-0.3, -0.25) is 4.79 Å². The molecule has 3 aromatic rings. The Morgan fingerprint density at radius 1 is 1.08 bits per heavy atom. The summed E-state index contributed by atoms with van der Waals surface area (Å²) in [4.78, 5) is 20.2. The van der Waals surface area contributed by atoms with Gasteiger partial charge in [0.25, 0.3) is 0 Å². The van der Waals surface area contributed by atoms with E-state index in [1.54, 1.807) is 35.4 Å². The Bertz CT molecular complexity index is 1490. The van der Waals surface area contributed by atoms with Gasteiger partial charge in [-0.15, -0.1) is 8.78 Å². The lowest BCUT2D eigenvalue weighted by Crippen LogP contribution is -2.58. The van der Waals surface area contributed by atoms with Crippen molar-refractivity contribution in [1.82, 2.24) is 9.88 Å². The highest BCUT2D eigenvalue weighted by Crippen LogP contribution is 2.56. The Hall–Kier alpha value is -3.48. The van der Waals surface area contributed by atoms with E-state index in [0.29, 0.717) is 52.9 Å². The SMILES string of the molecule is O=C1Nc2ncc(s2)C(c2cccc3c2OC(F)(F)O3)N2CC[C@@H](O)C23Oc2ccc(cc2O3)C12CC2. The number of ether oxygens (including phenoxy) is 4. The van der Waals surface area contributed by atoms with Crippen LogP contribution < -0.4 is 24.3 Å². The molecule has 1 saturated carbocycles. The number of thiazole rings is 1. The number of para-hydroxylation sites is 1. The third-order valence-corrected chi connectivity index (χ3v) is 8.70. The van der Waals surface area contributed by atoms with Crippen molar-refractivity contribution in [3.8, 4) is 23.0 Å². The maximum atomic E-state index is 14.1. The maximum Gasteiger partial charge on any atom is 0.586 e. The quantitative estimate of drug-likeness (QED) is 0.494. The smallest absolute Gasteiger partial charge is 0.433 e. The Morgan fingerprint density at radius 3 is 2.76 bits per heavy atom. The van der Waals surface area contributed by atoms with Crippen LogP contribution in [0.4, 0.5) is 13.9 Å². The molecule has 9 nitrogen and oxygen atoms in total. The summed E-state index contributed by atoms with van der Waals surface area (Å²) in [7, 11) is 0. The zero-order valence-electron chi connectivity index (χ0n) is 19.1. The van der Waals surface area contributed by atoms with E-state index in [2.05, 4.69) is 10.3 Å². The highest BCUT2D eigenvalue weighted by molar-refractivity contribution is 7.15. The van der Waals surface area contributed by atoms with Crippen molar-refractivity contribution in [2.45, 2.75) is 49.0 Å². The monoisotopic (exact) mass is 527 g/mol. The second-order valence-electron chi connectivity index (χ2n) is 9.84. The van der Waals surface area contributed by atoms with Crippen molar-refractivity contribution >= 4 is 22.4 Å². The fourth-order valence-corrected chi connectivity index (χ4v) is 6.74. The number of aromatic nitrogens is 1. The van der Waals surface area contributed by atoms with Crippen LogP contribution in [0.1, 0.15) is 41.3 Å². The number of aliphatic hydroxyl groups is 1.